The standard InChI is InChI=1S/C23H38O3/c1-18(2,3)20(7,19(4,5)6)17(24)26-21-9-8-14-12-22(25)15-10-13(11-21)16(15)23(14,21)22/h13-17,24-25H,8-12H2,1-7H3. The van der Waals surface area contributed by atoms with Crippen molar-refractivity contribution in [2.75, 3.05) is 0 Å². The number of rotatable bonds is 3. The molecule has 26 heavy (non-hydrogen) atoms. The average molecular weight is 363 g/mol. The fourth-order valence-electron chi connectivity index (χ4n) is 9.10. The molecule has 0 saturated heterocycles. The maximum Gasteiger partial charge on any atom is 0.161 e. The molecule has 5 rings (SSSR count). The van der Waals surface area contributed by atoms with Gasteiger partial charge in [-0.25, -0.2) is 0 Å². The Hall–Kier alpha value is -0.120. The van der Waals surface area contributed by atoms with Crippen LogP contribution in [0.2, 0.25) is 0 Å². The first-order chi connectivity index (χ1) is 11.8. The number of ether oxygens (including phenoxy) is 1. The number of hydrogen-bond acceptors (Lipinski definition) is 3. The Morgan fingerprint density at radius 2 is 1.62 bits per heavy atom. The van der Waals surface area contributed by atoms with Gasteiger partial charge < -0.3 is 14.9 Å². The molecule has 5 aliphatic rings. The molecule has 2 N–H and O–H groups in total. The third-order valence-corrected chi connectivity index (χ3v) is 10.7. The predicted molar refractivity (Wildman–Crippen MR) is 101 cm³/mol. The molecule has 5 saturated carbocycles. The van der Waals surface area contributed by atoms with E-state index in [4.69, 9.17) is 4.74 Å². The summed E-state index contributed by atoms with van der Waals surface area (Å²) in [6, 6.07) is 0. The van der Waals surface area contributed by atoms with Crippen LogP contribution in [0.4, 0.5) is 0 Å². The summed E-state index contributed by atoms with van der Waals surface area (Å²) in [4.78, 5) is 0. The van der Waals surface area contributed by atoms with Gasteiger partial charge in [-0.1, -0.05) is 48.5 Å². The minimum atomic E-state index is -0.808. The Kier molecular flexibility index (Phi) is 3.03. The Morgan fingerprint density at radius 1 is 1.00 bits per heavy atom. The van der Waals surface area contributed by atoms with Crippen LogP contribution in [-0.4, -0.2) is 27.7 Å². The molecule has 0 amide bonds. The molecule has 5 aliphatic carbocycles. The van der Waals surface area contributed by atoms with E-state index in [0.717, 1.165) is 25.2 Å². The highest BCUT2D eigenvalue weighted by Crippen LogP contribution is 2.92. The lowest BCUT2D eigenvalue weighted by molar-refractivity contribution is -0.423. The van der Waals surface area contributed by atoms with Gasteiger partial charge in [0, 0.05) is 10.8 Å². The quantitative estimate of drug-likeness (QED) is 0.734. The summed E-state index contributed by atoms with van der Waals surface area (Å²) >= 11 is 0. The topological polar surface area (TPSA) is 49.7 Å². The fourth-order valence-corrected chi connectivity index (χ4v) is 9.10. The van der Waals surface area contributed by atoms with Crippen molar-refractivity contribution in [1.29, 1.82) is 0 Å². The van der Waals surface area contributed by atoms with Gasteiger partial charge in [-0.05, 0) is 66.6 Å². The van der Waals surface area contributed by atoms with Gasteiger partial charge in [0.15, 0.2) is 6.29 Å². The van der Waals surface area contributed by atoms with Crippen molar-refractivity contribution in [2.45, 2.75) is 98.1 Å². The smallest absolute Gasteiger partial charge is 0.161 e. The molecular weight excluding hydrogens is 324 g/mol. The van der Waals surface area contributed by atoms with E-state index < -0.39 is 11.9 Å². The van der Waals surface area contributed by atoms with Crippen molar-refractivity contribution in [3.05, 3.63) is 0 Å². The van der Waals surface area contributed by atoms with E-state index in [-0.39, 0.29) is 27.3 Å². The molecule has 0 aromatic heterocycles. The van der Waals surface area contributed by atoms with Crippen molar-refractivity contribution in [3.8, 4) is 0 Å². The highest BCUT2D eigenvalue weighted by molar-refractivity contribution is 5.43. The molecule has 3 heteroatoms. The molecule has 8 atom stereocenters. The molecule has 148 valence electrons. The second-order valence-corrected chi connectivity index (χ2v) is 12.7. The highest BCUT2D eigenvalue weighted by atomic mass is 16.6. The molecular formula is C23H38O3. The summed E-state index contributed by atoms with van der Waals surface area (Å²) in [5, 5.41) is 23.0. The first-order valence-electron chi connectivity index (χ1n) is 10.8. The van der Waals surface area contributed by atoms with Gasteiger partial charge in [0.1, 0.15) is 0 Å². The normalized spacial score (nSPS) is 52.5. The Balaban J connectivity index is 1.52. The molecule has 0 aromatic rings. The van der Waals surface area contributed by atoms with E-state index in [9.17, 15) is 10.2 Å². The number of fused-ring (bicyclic) bond motifs is 1. The van der Waals surface area contributed by atoms with Crippen LogP contribution in [0.3, 0.4) is 0 Å². The second kappa shape index (κ2) is 4.39. The number of aliphatic hydroxyl groups is 2. The molecule has 5 fully saturated rings. The van der Waals surface area contributed by atoms with Crippen LogP contribution >= 0.6 is 0 Å². The van der Waals surface area contributed by atoms with E-state index in [1.807, 2.05) is 0 Å². The predicted octanol–water partition coefficient (Wildman–Crippen LogP) is 4.36. The lowest BCUT2D eigenvalue weighted by Gasteiger charge is -2.81. The second-order valence-electron chi connectivity index (χ2n) is 12.7. The van der Waals surface area contributed by atoms with E-state index >= 15 is 0 Å². The third-order valence-electron chi connectivity index (χ3n) is 10.7. The minimum absolute atomic E-state index is 0.0226. The Morgan fingerprint density at radius 3 is 2.19 bits per heavy atom. The van der Waals surface area contributed by atoms with Gasteiger partial charge in [-0.2, -0.15) is 0 Å². The molecule has 8 unspecified atom stereocenters. The maximum absolute atomic E-state index is 11.5. The van der Waals surface area contributed by atoms with E-state index in [0.29, 0.717) is 17.8 Å². The van der Waals surface area contributed by atoms with E-state index in [1.165, 1.54) is 12.8 Å². The molecule has 0 radical (unpaired) electrons. The van der Waals surface area contributed by atoms with Gasteiger partial charge in [0.25, 0.3) is 0 Å². The van der Waals surface area contributed by atoms with Gasteiger partial charge in [-0.3, -0.25) is 0 Å². The monoisotopic (exact) mass is 362 g/mol. The zero-order chi connectivity index (χ0) is 19.1. The highest BCUT2D eigenvalue weighted by Gasteiger charge is 2.95. The maximum atomic E-state index is 11.5. The van der Waals surface area contributed by atoms with Gasteiger partial charge >= 0.3 is 0 Å². The molecule has 0 aliphatic heterocycles. The number of aliphatic hydroxyl groups excluding tert-OH is 1. The van der Waals surface area contributed by atoms with E-state index in [1.54, 1.807) is 0 Å². The first-order valence-corrected chi connectivity index (χ1v) is 10.8. The summed E-state index contributed by atoms with van der Waals surface area (Å²) in [5.74, 6) is 2.56. The van der Waals surface area contributed by atoms with Crippen LogP contribution < -0.4 is 0 Å². The van der Waals surface area contributed by atoms with Crippen LogP contribution in [0.15, 0.2) is 0 Å². The van der Waals surface area contributed by atoms with Crippen LogP contribution in [0.25, 0.3) is 0 Å². The average Bonchev–Trinajstić information content (AvgIpc) is 2.82. The van der Waals surface area contributed by atoms with E-state index in [2.05, 4.69) is 48.5 Å². The molecule has 0 heterocycles. The van der Waals surface area contributed by atoms with Crippen LogP contribution in [-0.2, 0) is 4.74 Å². The summed E-state index contributed by atoms with van der Waals surface area (Å²) in [6.07, 6.45) is 4.63. The van der Waals surface area contributed by atoms with Crippen LogP contribution in [0.5, 0.6) is 0 Å². The zero-order valence-electron chi connectivity index (χ0n) is 17.7. The molecule has 0 bridgehead atoms. The first kappa shape index (κ1) is 17.9. The Bertz CT molecular complexity index is 643. The molecule has 0 aromatic carbocycles. The molecule has 1 spiro atoms. The lowest BCUT2D eigenvalue weighted by Crippen LogP contribution is -2.86. The Labute approximate surface area is 158 Å². The largest absolute Gasteiger partial charge is 0.389 e. The van der Waals surface area contributed by atoms with Crippen molar-refractivity contribution in [3.63, 3.8) is 0 Å². The minimum Gasteiger partial charge on any atom is -0.389 e. The lowest BCUT2D eigenvalue weighted by atomic mass is 9.25. The molecule has 3 nitrogen and oxygen atoms in total. The summed E-state index contributed by atoms with van der Waals surface area (Å²) in [7, 11) is 0. The van der Waals surface area contributed by atoms with Crippen LogP contribution in [0, 0.1) is 45.3 Å². The van der Waals surface area contributed by atoms with Gasteiger partial charge in [-0.15, -0.1) is 0 Å². The summed E-state index contributed by atoms with van der Waals surface area (Å²) < 4.78 is 6.82. The zero-order valence-corrected chi connectivity index (χ0v) is 17.7. The van der Waals surface area contributed by atoms with Crippen LogP contribution in [0.1, 0.15) is 80.6 Å². The number of hydrogen-bond donors (Lipinski definition) is 2. The third kappa shape index (κ3) is 1.45. The summed E-state index contributed by atoms with van der Waals surface area (Å²) in [5.41, 5.74) is -1.35. The van der Waals surface area contributed by atoms with Crippen molar-refractivity contribution >= 4 is 0 Å². The summed E-state index contributed by atoms with van der Waals surface area (Å²) in [6.45, 7) is 15.5. The van der Waals surface area contributed by atoms with Crippen molar-refractivity contribution in [1.82, 2.24) is 0 Å². The fraction of sp³-hybridized carbons (Fsp3) is 1.00. The van der Waals surface area contributed by atoms with Crippen molar-refractivity contribution < 1.29 is 14.9 Å². The SMILES string of the molecule is CC(C)(C)C(C)(C(O)OC12CCC3CC4(O)C5CC(C1)C5C324)C(C)(C)C. The van der Waals surface area contributed by atoms with Crippen molar-refractivity contribution in [2.24, 2.45) is 45.3 Å². The van der Waals surface area contributed by atoms with Gasteiger partial charge in [0.05, 0.1) is 11.2 Å². The van der Waals surface area contributed by atoms with Gasteiger partial charge in [0.2, 0.25) is 0 Å².